The van der Waals surface area contributed by atoms with Gasteiger partial charge in [0.15, 0.2) is 0 Å². The molecule has 0 spiro atoms. The van der Waals surface area contributed by atoms with Gasteiger partial charge in [0.2, 0.25) is 0 Å². The van der Waals surface area contributed by atoms with E-state index < -0.39 is 11.7 Å². The molecular weight excluding hydrogens is 407 g/mol. The van der Waals surface area contributed by atoms with Crippen LogP contribution in [0.5, 0.6) is 0 Å². The number of aryl methyl sites for hydroxylation is 1. The number of benzene rings is 2. The smallest absolute Gasteiger partial charge is 0.274 e. The van der Waals surface area contributed by atoms with Crippen LogP contribution in [0.15, 0.2) is 72.9 Å². The van der Waals surface area contributed by atoms with Crippen molar-refractivity contribution in [3.05, 3.63) is 95.7 Å². The zero-order valence-electron chi connectivity index (χ0n) is 17.9. The molecule has 2 aromatic carbocycles. The number of rotatable bonds is 6. The highest BCUT2D eigenvalue weighted by molar-refractivity contribution is 6.04. The summed E-state index contributed by atoms with van der Waals surface area (Å²) >= 11 is 0. The predicted octanol–water partition coefficient (Wildman–Crippen LogP) is 4.51. The zero-order valence-corrected chi connectivity index (χ0v) is 17.9. The zero-order chi connectivity index (χ0) is 22.7. The molecule has 0 saturated heterocycles. The lowest BCUT2D eigenvalue weighted by atomic mass is 10.2. The van der Waals surface area contributed by atoms with Crippen molar-refractivity contribution in [3.8, 4) is 0 Å². The first kappa shape index (κ1) is 21.2. The van der Waals surface area contributed by atoms with Crippen LogP contribution in [0.25, 0.3) is 10.9 Å². The van der Waals surface area contributed by atoms with E-state index in [1.165, 1.54) is 35.8 Å². The summed E-state index contributed by atoms with van der Waals surface area (Å²) in [7, 11) is 1.73. The second kappa shape index (κ2) is 9.01. The van der Waals surface area contributed by atoms with Crippen LogP contribution < -0.4 is 5.32 Å². The molecule has 0 unspecified atom stereocenters. The number of aromatic nitrogens is 2. The van der Waals surface area contributed by atoms with E-state index in [2.05, 4.69) is 33.1 Å². The van der Waals surface area contributed by atoms with E-state index in [-0.39, 0.29) is 11.6 Å². The van der Waals surface area contributed by atoms with E-state index >= 15 is 0 Å². The van der Waals surface area contributed by atoms with Crippen molar-refractivity contribution in [1.29, 1.82) is 0 Å². The van der Waals surface area contributed by atoms with Gasteiger partial charge in [-0.3, -0.25) is 14.6 Å². The molecule has 0 fully saturated rings. The lowest BCUT2D eigenvalue weighted by molar-refractivity contribution is 0.0790. The molecule has 6 nitrogen and oxygen atoms in total. The number of carbonyl (C=O) groups is 2. The van der Waals surface area contributed by atoms with Crippen LogP contribution in [0.3, 0.4) is 0 Å². The Morgan fingerprint density at radius 1 is 1.06 bits per heavy atom. The van der Waals surface area contributed by atoms with Crippen molar-refractivity contribution < 1.29 is 14.0 Å². The van der Waals surface area contributed by atoms with Gasteiger partial charge in [-0.05, 0) is 54.8 Å². The summed E-state index contributed by atoms with van der Waals surface area (Å²) in [5, 5.41) is 3.76. The molecular formula is C25H23FN4O2. The summed E-state index contributed by atoms with van der Waals surface area (Å²) in [5.41, 5.74) is 3.03. The number of halogens is 1. The highest BCUT2D eigenvalue weighted by Gasteiger charge is 2.16. The lowest BCUT2D eigenvalue weighted by Crippen LogP contribution is -2.30. The third kappa shape index (κ3) is 4.51. The summed E-state index contributed by atoms with van der Waals surface area (Å²) in [6.07, 6.45) is 1.42. The molecule has 0 aliphatic carbocycles. The van der Waals surface area contributed by atoms with Crippen molar-refractivity contribution in [3.63, 3.8) is 0 Å². The Morgan fingerprint density at radius 2 is 1.88 bits per heavy atom. The number of carbonyl (C=O) groups excluding carboxylic acids is 2. The van der Waals surface area contributed by atoms with Gasteiger partial charge in [0.1, 0.15) is 11.5 Å². The van der Waals surface area contributed by atoms with E-state index in [9.17, 15) is 14.0 Å². The van der Waals surface area contributed by atoms with E-state index in [1.54, 1.807) is 24.1 Å². The fourth-order valence-corrected chi connectivity index (χ4v) is 3.67. The van der Waals surface area contributed by atoms with E-state index in [0.29, 0.717) is 24.3 Å². The average Bonchev–Trinajstić information content (AvgIpc) is 3.12. The summed E-state index contributed by atoms with van der Waals surface area (Å²) < 4.78 is 15.5. The normalized spacial score (nSPS) is 10.8. The van der Waals surface area contributed by atoms with Crippen LogP contribution in [0.4, 0.5) is 10.1 Å². The molecule has 7 heteroatoms. The van der Waals surface area contributed by atoms with Gasteiger partial charge in [-0.1, -0.05) is 24.3 Å². The van der Waals surface area contributed by atoms with Gasteiger partial charge >= 0.3 is 0 Å². The largest absolute Gasteiger partial charge is 0.343 e. The minimum absolute atomic E-state index is 0.0840. The van der Waals surface area contributed by atoms with Gasteiger partial charge in [-0.25, -0.2) is 4.39 Å². The number of amides is 2. The fraction of sp³-hybridized carbons (Fsp3) is 0.160. The third-order valence-electron chi connectivity index (χ3n) is 5.35. The van der Waals surface area contributed by atoms with Gasteiger partial charge in [-0.15, -0.1) is 0 Å². The molecule has 4 aromatic rings. The van der Waals surface area contributed by atoms with Crippen molar-refractivity contribution in [1.82, 2.24) is 14.5 Å². The van der Waals surface area contributed by atoms with E-state index in [4.69, 9.17) is 0 Å². The Kier molecular flexibility index (Phi) is 5.98. The molecule has 2 aromatic heterocycles. The number of nitrogens with zero attached hydrogens (tertiary/aromatic N) is 3. The Morgan fingerprint density at radius 3 is 2.69 bits per heavy atom. The first-order valence-corrected chi connectivity index (χ1v) is 10.3. The molecule has 0 radical (unpaired) electrons. The fourth-order valence-electron chi connectivity index (χ4n) is 3.67. The SMILES string of the molecule is Cc1cc2ccccc2n1CCN(C)C(=O)c1ccnc(C(=O)Nc2cccc(F)c2)c1. The van der Waals surface area contributed by atoms with Gasteiger partial charge in [-0.2, -0.15) is 0 Å². The van der Waals surface area contributed by atoms with E-state index in [1.807, 2.05) is 19.1 Å². The standard InChI is InChI=1S/C25H23FN4O2/c1-17-14-18-6-3-4-9-23(18)30(17)13-12-29(2)25(32)19-10-11-27-22(15-19)24(31)28-21-8-5-7-20(26)16-21/h3-11,14-16H,12-13H2,1-2H3,(H,28,31). The second-order valence-corrected chi connectivity index (χ2v) is 7.62. The summed E-state index contributed by atoms with van der Waals surface area (Å²) in [5.74, 6) is -1.17. The maximum Gasteiger partial charge on any atom is 0.274 e. The molecule has 0 atom stereocenters. The highest BCUT2D eigenvalue weighted by atomic mass is 19.1. The molecule has 162 valence electrons. The van der Waals surface area contributed by atoms with E-state index in [0.717, 1.165) is 11.2 Å². The number of para-hydroxylation sites is 1. The van der Waals surface area contributed by atoms with Crippen LogP contribution in [0.1, 0.15) is 26.5 Å². The Bertz CT molecular complexity index is 1300. The minimum atomic E-state index is -0.512. The monoisotopic (exact) mass is 430 g/mol. The van der Waals surface area contributed by atoms with Crippen molar-refractivity contribution in [2.45, 2.75) is 13.5 Å². The maximum atomic E-state index is 13.3. The highest BCUT2D eigenvalue weighted by Crippen LogP contribution is 2.19. The molecule has 0 aliphatic heterocycles. The summed E-state index contributed by atoms with van der Waals surface area (Å²) in [6.45, 7) is 3.21. The number of nitrogens with one attached hydrogen (secondary N) is 1. The number of hydrogen-bond donors (Lipinski definition) is 1. The van der Waals surface area contributed by atoms with Gasteiger partial charge in [0.05, 0.1) is 0 Å². The van der Waals surface area contributed by atoms with Crippen molar-refractivity contribution in [2.75, 3.05) is 18.9 Å². The van der Waals surface area contributed by atoms with Gasteiger partial charge in [0.25, 0.3) is 11.8 Å². The van der Waals surface area contributed by atoms with Crippen LogP contribution in [-0.4, -0.2) is 39.9 Å². The minimum Gasteiger partial charge on any atom is -0.343 e. The Labute approximate surface area is 185 Å². The molecule has 0 saturated carbocycles. The molecule has 0 aliphatic rings. The van der Waals surface area contributed by atoms with Crippen molar-refractivity contribution in [2.24, 2.45) is 0 Å². The molecule has 0 bridgehead atoms. The first-order chi connectivity index (χ1) is 15.4. The number of pyridine rings is 1. The van der Waals surface area contributed by atoms with Crippen LogP contribution in [0, 0.1) is 12.7 Å². The van der Waals surface area contributed by atoms with Gasteiger partial charge < -0.3 is 14.8 Å². The predicted molar refractivity (Wildman–Crippen MR) is 122 cm³/mol. The summed E-state index contributed by atoms with van der Waals surface area (Å²) in [4.78, 5) is 31.1. The average molecular weight is 430 g/mol. The number of likely N-dealkylation sites (N-methyl/N-ethyl adjacent to an activating group) is 1. The van der Waals surface area contributed by atoms with Crippen molar-refractivity contribution >= 4 is 28.4 Å². The van der Waals surface area contributed by atoms with Crippen LogP contribution in [0.2, 0.25) is 0 Å². The third-order valence-corrected chi connectivity index (χ3v) is 5.35. The number of fused-ring (bicyclic) bond motifs is 1. The Balaban J connectivity index is 1.44. The van der Waals surface area contributed by atoms with Crippen LogP contribution in [-0.2, 0) is 6.54 Å². The first-order valence-electron chi connectivity index (χ1n) is 10.3. The molecule has 2 amide bonds. The second-order valence-electron chi connectivity index (χ2n) is 7.62. The molecule has 1 N–H and O–H groups in total. The molecule has 32 heavy (non-hydrogen) atoms. The molecule has 4 rings (SSSR count). The number of hydrogen-bond acceptors (Lipinski definition) is 3. The summed E-state index contributed by atoms with van der Waals surface area (Å²) in [6, 6.07) is 18.9. The topological polar surface area (TPSA) is 67.2 Å². The van der Waals surface area contributed by atoms with Gasteiger partial charge in [0, 0.05) is 48.8 Å². The molecule has 2 heterocycles. The van der Waals surface area contributed by atoms with Crippen LogP contribution >= 0.6 is 0 Å². The maximum absolute atomic E-state index is 13.3. The lowest BCUT2D eigenvalue weighted by Gasteiger charge is -2.19. The Hall–Kier alpha value is -4.00. The number of anilines is 1. The quantitative estimate of drug-likeness (QED) is 0.490.